The van der Waals surface area contributed by atoms with Crippen LogP contribution < -0.4 is 15.0 Å². The minimum Gasteiger partial charge on any atom is -0.490 e. The Bertz CT molecular complexity index is 1310. The Hall–Kier alpha value is -2.43. The molecule has 2 aromatic carbocycles. The van der Waals surface area contributed by atoms with Crippen LogP contribution in [0.5, 0.6) is 11.5 Å². The quantitative estimate of drug-likeness (QED) is 0.238. The van der Waals surface area contributed by atoms with E-state index in [2.05, 4.69) is 41.9 Å². The molecule has 0 spiro atoms. The molecule has 0 N–H and O–H groups in total. The summed E-state index contributed by atoms with van der Waals surface area (Å²) >= 11 is 13.4. The van der Waals surface area contributed by atoms with E-state index < -0.39 is 5.97 Å². The number of halogens is 3. The van der Waals surface area contributed by atoms with Crippen molar-refractivity contribution in [1.29, 1.82) is 0 Å². The van der Waals surface area contributed by atoms with Gasteiger partial charge in [-0.3, -0.25) is 4.79 Å². The van der Waals surface area contributed by atoms with Gasteiger partial charge in [-0.05, 0) is 54.0 Å². The van der Waals surface area contributed by atoms with Gasteiger partial charge in [0.25, 0.3) is 5.56 Å². The lowest BCUT2D eigenvalue weighted by Gasteiger charge is -2.15. The van der Waals surface area contributed by atoms with Crippen LogP contribution in [0.1, 0.15) is 32.2 Å². The molecule has 0 aliphatic heterocycles. The van der Waals surface area contributed by atoms with Gasteiger partial charge in [-0.15, -0.1) is 0 Å². The molecule has 0 amide bonds. The fourth-order valence-electron chi connectivity index (χ4n) is 3.09. The second-order valence-electron chi connectivity index (χ2n) is 6.85. The SMILES string of the molecule is CCOC(=O)COc1c(OCC)cc(C=Nn2c(CC)nc3ccc(Br)cc3c2=O)c(Br)c1Cl. The van der Waals surface area contributed by atoms with Crippen LogP contribution in [-0.2, 0) is 16.0 Å². The molecule has 0 unspecified atom stereocenters. The lowest BCUT2D eigenvalue weighted by Crippen LogP contribution is -2.22. The fraction of sp³-hybridized carbons (Fsp3) is 0.304. The second-order valence-corrected chi connectivity index (χ2v) is 8.94. The number of ether oxygens (including phenoxy) is 3. The molecule has 0 radical (unpaired) electrons. The van der Waals surface area contributed by atoms with Crippen LogP contribution in [0.15, 0.2) is 43.1 Å². The first-order chi connectivity index (χ1) is 16.3. The summed E-state index contributed by atoms with van der Waals surface area (Å²) in [6.07, 6.45) is 1.99. The van der Waals surface area contributed by atoms with Gasteiger partial charge in [-0.1, -0.05) is 34.5 Å². The van der Waals surface area contributed by atoms with Gasteiger partial charge in [0, 0.05) is 20.9 Å². The fourth-order valence-corrected chi connectivity index (χ4v) is 4.11. The average molecular weight is 616 g/mol. The van der Waals surface area contributed by atoms with Crippen LogP contribution in [0.3, 0.4) is 0 Å². The van der Waals surface area contributed by atoms with Crippen LogP contribution in [0.4, 0.5) is 0 Å². The highest BCUT2D eigenvalue weighted by atomic mass is 79.9. The molecule has 0 aliphatic carbocycles. The van der Waals surface area contributed by atoms with E-state index in [0.717, 1.165) is 4.47 Å². The molecule has 180 valence electrons. The number of aryl methyl sites for hydroxylation is 1. The van der Waals surface area contributed by atoms with Crippen molar-refractivity contribution in [2.45, 2.75) is 27.2 Å². The first kappa shape index (κ1) is 26.2. The molecule has 3 rings (SSSR count). The highest BCUT2D eigenvalue weighted by Gasteiger charge is 2.19. The molecule has 11 heteroatoms. The zero-order valence-corrected chi connectivity index (χ0v) is 22.7. The van der Waals surface area contributed by atoms with E-state index in [9.17, 15) is 9.59 Å². The largest absolute Gasteiger partial charge is 0.490 e. The Morgan fingerprint density at radius 2 is 1.94 bits per heavy atom. The molecule has 1 heterocycles. The summed E-state index contributed by atoms with van der Waals surface area (Å²) in [5, 5.41) is 5.04. The van der Waals surface area contributed by atoms with Crippen LogP contribution in [0.25, 0.3) is 10.9 Å². The molecule has 8 nitrogen and oxygen atoms in total. The highest BCUT2D eigenvalue weighted by molar-refractivity contribution is 9.10. The minimum absolute atomic E-state index is 0.195. The predicted molar refractivity (Wildman–Crippen MR) is 139 cm³/mol. The average Bonchev–Trinajstić information content (AvgIpc) is 2.81. The molecule has 0 bridgehead atoms. The Balaban J connectivity index is 2.05. The van der Waals surface area contributed by atoms with Crippen LogP contribution >= 0.6 is 43.5 Å². The topological polar surface area (TPSA) is 92.0 Å². The molecule has 0 saturated carbocycles. The maximum absolute atomic E-state index is 13.1. The molecule has 0 fully saturated rings. The van der Waals surface area contributed by atoms with Gasteiger partial charge < -0.3 is 14.2 Å². The second kappa shape index (κ2) is 11.8. The zero-order valence-electron chi connectivity index (χ0n) is 18.7. The van der Waals surface area contributed by atoms with E-state index in [1.807, 2.05) is 19.9 Å². The van der Waals surface area contributed by atoms with E-state index in [4.69, 9.17) is 25.8 Å². The number of carbonyl (C=O) groups is 1. The molecular formula is C23H22Br2ClN3O5. The van der Waals surface area contributed by atoms with Gasteiger partial charge in [0.05, 0.1) is 30.3 Å². The standard InChI is InChI=1S/C23H22Br2ClN3O5/c1-4-18-28-16-8-7-14(24)10-15(16)23(31)29(18)27-11-13-9-17(32-5-2)22(21(26)20(13)25)34-12-19(30)33-6-3/h7-11H,4-6,12H2,1-3H3. The minimum atomic E-state index is -0.523. The predicted octanol–water partition coefficient (Wildman–Crippen LogP) is 5.36. The third-order valence-electron chi connectivity index (χ3n) is 4.60. The Kier molecular flexibility index (Phi) is 9.10. The van der Waals surface area contributed by atoms with Gasteiger partial charge >= 0.3 is 5.97 Å². The van der Waals surface area contributed by atoms with Gasteiger partial charge in [0.2, 0.25) is 0 Å². The molecular weight excluding hydrogens is 594 g/mol. The zero-order chi connectivity index (χ0) is 24.8. The smallest absolute Gasteiger partial charge is 0.344 e. The van der Waals surface area contributed by atoms with Gasteiger partial charge in [0.1, 0.15) is 10.8 Å². The van der Waals surface area contributed by atoms with E-state index in [1.54, 1.807) is 25.1 Å². The molecule has 0 saturated heterocycles. The third-order valence-corrected chi connectivity index (χ3v) is 6.54. The summed E-state index contributed by atoms with van der Waals surface area (Å²) in [5.41, 5.74) is 0.851. The van der Waals surface area contributed by atoms with Crippen molar-refractivity contribution in [3.63, 3.8) is 0 Å². The monoisotopic (exact) mass is 613 g/mol. The molecule has 3 aromatic rings. The number of aromatic nitrogens is 2. The van der Waals surface area contributed by atoms with Crippen molar-refractivity contribution < 1.29 is 19.0 Å². The van der Waals surface area contributed by atoms with Gasteiger partial charge in [-0.2, -0.15) is 9.78 Å². The van der Waals surface area contributed by atoms with Crippen molar-refractivity contribution in [1.82, 2.24) is 9.66 Å². The van der Waals surface area contributed by atoms with Crippen LogP contribution in [-0.4, -0.2) is 41.7 Å². The van der Waals surface area contributed by atoms with Crippen LogP contribution in [0, 0.1) is 0 Å². The number of rotatable bonds is 9. The van der Waals surface area contributed by atoms with Crippen molar-refractivity contribution in [3.05, 3.63) is 60.0 Å². The van der Waals surface area contributed by atoms with Gasteiger partial charge in [0.15, 0.2) is 18.1 Å². The van der Waals surface area contributed by atoms with Gasteiger partial charge in [-0.25, -0.2) is 9.78 Å². The normalized spacial score (nSPS) is 11.2. The molecule has 34 heavy (non-hydrogen) atoms. The summed E-state index contributed by atoms with van der Waals surface area (Å²) in [6, 6.07) is 6.99. The summed E-state index contributed by atoms with van der Waals surface area (Å²) in [6.45, 7) is 5.68. The number of carbonyl (C=O) groups excluding carboxylic acids is 1. The first-order valence-corrected chi connectivity index (χ1v) is 12.5. The summed E-state index contributed by atoms with van der Waals surface area (Å²) < 4.78 is 18.6. The highest BCUT2D eigenvalue weighted by Crippen LogP contribution is 2.42. The third kappa shape index (κ3) is 5.79. The van der Waals surface area contributed by atoms with Crippen molar-refractivity contribution in [3.8, 4) is 11.5 Å². The summed E-state index contributed by atoms with van der Waals surface area (Å²) in [4.78, 5) is 29.4. The molecule has 0 atom stereocenters. The Morgan fingerprint density at radius 3 is 2.62 bits per heavy atom. The number of fused-ring (bicyclic) bond motifs is 1. The van der Waals surface area contributed by atoms with E-state index >= 15 is 0 Å². The van der Waals surface area contributed by atoms with Crippen molar-refractivity contribution >= 4 is 66.5 Å². The number of nitrogens with zero attached hydrogens (tertiary/aromatic N) is 3. The maximum atomic E-state index is 13.1. The first-order valence-electron chi connectivity index (χ1n) is 10.5. The lowest BCUT2D eigenvalue weighted by molar-refractivity contribution is -0.145. The van der Waals surface area contributed by atoms with Crippen molar-refractivity contribution in [2.75, 3.05) is 19.8 Å². The maximum Gasteiger partial charge on any atom is 0.344 e. The number of hydrogen-bond acceptors (Lipinski definition) is 7. The van der Waals surface area contributed by atoms with Crippen molar-refractivity contribution in [2.24, 2.45) is 5.10 Å². The lowest BCUT2D eigenvalue weighted by atomic mass is 10.2. The Morgan fingerprint density at radius 1 is 1.18 bits per heavy atom. The number of hydrogen-bond donors (Lipinski definition) is 0. The number of esters is 1. The molecule has 0 aliphatic rings. The van der Waals surface area contributed by atoms with Crippen LogP contribution in [0.2, 0.25) is 5.02 Å². The van der Waals surface area contributed by atoms with E-state index in [0.29, 0.717) is 45.5 Å². The van der Waals surface area contributed by atoms with E-state index in [-0.39, 0.29) is 29.5 Å². The summed E-state index contributed by atoms with van der Waals surface area (Å²) in [5.74, 6) is 0.511. The summed E-state index contributed by atoms with van der Waals surface area (Å²) in [7, 11) is 0. The molecule has 1 aromatic heterocycles. The number of benzene rings is 2. The van der Waals surface area contributed by atoms with E-state index in [1.165, 1.54) is 10.9 Å². The Labute approximate surface area is 218 Å².